The van der Waals surface area contributed by atoms with Crippen molar-refractivity contribution in [3.05, 3.63) is 86.6 Å². The van der Waals surface area contributed by atoms with Crippen molar-refractivity contribution in [2.24, 2.45) is 0 Å². The Labute approximate surface area is 253 Å². The lowest BCUT2D eigenvalue weighted by atomic mass is 9.87. The van der Waals surface area contributed by atoms with Gasteiger partial charge in [-0.2, -0.15) is 4.31 Å². The molecule has 0 aliphatic carbocycles. The molecule has 0 spiro atoms. The molecule has 4 aromatic rings. The van der Waals surface area contributed by atoms with Crippen molar-refractivity contribution in [1.82, 2.24) is 23.3 Å². The first-order valence-corrected chi connectivity index (χ1v) is 16.7. The Morgan fingerprint density at radius 1 is 0.814 bits per heavy atom. The van der Waals surface area contributed by atoms with Crippen molar-refractivity contribution < 1.29 is 8.42 Å². The van der Waals surface area contributed by atoms with Crippen molar-refractivity contribution in [2.75, 3.05) is 26.2 Å². The number of fused-ring (bicyclic) bond motifs is 1. The quantitative estimate of drug-likeness (QED) is 0.296. The predicted octanol–water partition coefficient (Wildman–Crippen LogP) is 4.78. The molecule has 1 fully saturated rings. The van der Waals surface area contributed by atoms with Crippen LogP contribution in [0.25, 0.3) is 22.3 Å². The molecule has 0 unspecified atom stereocenters. The number of H-pyrrole nitrogens is 1. The minimum absolute atomic E-state index is 0.114. The highest BCUT2D eigenvalue weighted by Gasteiger charge is 2.28. The number of nitrogens with one attached hydrogen (secondary N) is 1. The molecular formula is C33H43N5O4S. The van der Waals surface area contributed by atoms with Gasteiger partial charge in [0.2, 0.25) is 10.0 Å². The van der Waals surface area contributed by atoms with Gasteiger partial charge in [-0.05, 0) is 53.1 Å². The minimum atomic E-state index is -3.64. The van der Waals surface area contributed by atoms with Crippen LogP contribution >= 0.6 is 0 Å². The lowest BCUT2D eigenvalue weighted by molar-refractivity contribution is 0.181. The molecule has 1 saturated heterocycles. The molecule has 0 atom stereocenters. The fourth-order valence-electron chi connectivity index (χ4n) is 5.76. The molecule has 230 valence electrons. The van der Waals surface area contributed by atoms with E-state index in [4.69, 9.17) is 0 Å². The topological polar surface area (TPSA) is 100 Å². The van der Waals surface area contributed by atoms with E-state index in [-0.39, 0.29) is 21.6 Å². The first-order valence-electron chi connectivity index (χ1n) is 15.2. The maximum atomic E-state index is 13.5. The van der Waals surface area contributed by atoms with E-state index in [0.29, 0.717) is 62.4 Å². The highest BCUT2D eigenvalue weighted by molar-refractivity contribution is 7.89. The summed E-state index contributed by atoms with van der Waals surface area (Å²) in [5.41, 5.74) is 4.38. The predicted molar refractivity (Wildman–Crippen MR) is 172 cm³/mol. The smallest absolute Gasteiger partial charge is 0.331 e. The van der Waals surface area contributed by atoms with E-state index < -0.39 is 10.0 Å². The van der Waals surface area contributed by atoms with Gasteiger partial charge in [0.1, 0.15) is 5.52 Å². The standard InChI is InChI=1S/C33H43N5O4S/c1-6-16-37-29-22-28(34-30(29)31(39)38(17-7-2)32(37)40)25-10-14-27(15-11-25)43(41,42)36-20-18-35(19-21-36)23-24-8-12-26(13-9-24)33(3,4)5/h8-15,22,34H,6-7,16-21,23H2,1-5H3. The Morgan fingerprint density at radius 2 is 1.42 bits per heavy atom. The van der Waals surface area contributed by atoms with Crippen molar-refractivity contribution in [1.29, 1.82) is 0 Å². The fraction of sp³-hybridized carbons (Fsp3) is 0.455. The molecule has 9 nitrogen and oxygen atoms in total. The molecule has 5 rings (SSSR count). The van der Waals surface area contributed by atoms with Gasteiger partial charge in [-0.1, -0.05) is 71.0 Å². The highest BCUT2D eigenvalue weighted by Crippen LogP contribution is 2.26. The van der Waals surface area contributed by atoms with Crippen LogP contribution in [0, 0.1) is 0 Å². The van der Waals surface area contributed by atoms with Gasteiger partial charge < -0.3 is 4.98 Å². The van der Waals surface area contributed by atoms with Crippen molar-refractivity contribution in [2.45, 2.75) is 77.4 Å². The van der Waals surface area contributed by atoms with Crippen LogP contribution < -0.4 is 11.2 Å². The number of piperazine rings is 1. The Balaban J connectivity index is 1.30. The summed E-state index contributed by atoms with van der Waals surface area (Å²) < 4.78 is 31.5. The number of aryl methyl sites for hydroxylation is 1. The molecule has 10 heteroatoms. The van der Waals surface area contributed by atoms with Gasteiger partial charge in [-0.3, -0.25) is 18.8 Å². The van der Waals surface area contributed by atoms with Crippen LogP contribution in [0.4, 0.5) is 0 Å². The van der Waals surface area contributed by atoms with Crippen LogP contribution in [0.15, 0.2) is 69.1 Å². The van der Waals surface area contributed by atoms with Gasteiger partial charge in [-0.15, -0.1) is 0 Å². The second kappa shape index (κ2) is 12.3. The second-order valence-electron chi connectivity index (χ2n) is 12.5. The molecule has 2 aromatic carbocycles. The third-order valence-corrected chi connectivity index (χ3v) is 10.2. The van der Waals surface area contributed by atoms with Gasteiger partial charge >= 0.3 is 5.69 Å². The lowest BCUT2D eigenvalue weighted by Crippen LogP contribution is -2.48. The summed E-state index contributed by atoms with van der Waals surface area (Å²) in [4.78, 5) is 31.9. The third-order valence-electron chi connectivity index (χ3n) is 8.26. The second-order valence-corrected chi connectivity index (χ2v) is 14.4. The van der Waals surface area contributed by atoms with E-state index in [1.54, 1.807) is 33.1 Å². The van der Waals surface area contributed by atoms with E-state index in [2.05, 4.69) is 54.9 Å². The SMILES string of the molecule is CCCn1c(=O)c2[nH]c(-c3ccc(S(=O)(=O)N4CCN(Cc5ccc(C(C)(C)C)cc5)CC4)cc3)cc2n(CCC)c1=O. The Kier molecular flexibility index (Phi) is 8.83. The van der Waals surface area contributed by atoms with Crippen LogP contribution in [0.3, 0.4) is 0 Å². The Bertz CT molecular complexity index is 1800. The molecule has 0 bridgehead atoms. The van der Waals surface area contributed by atoms with Crippen LogP contribution in [0.5, 0.6) is 0 Å². The number of benzene rings is 2. The first kappa shape index (κ1) is 31.0. The average Bonchev–Trinajstić information content (AvgIpc) is 3.43. The van der Waals surface area contributed by atoms with Crippen molar-refractivity contribution in [3.8, 4) is 11.3 Å². The van der Waals surface area contributed by atoms with Gasteiger partial charge in [0.05, 0.1) is 10.4 Å². The van der Waals surface area contributed by atoms with Crippen LogP contribution in [-0.4, -0.2) is 57.9 Å². The third kappa shape index (κ3) is 6.27. The van der Waals surface area contributed by atoms with E-state index in [1.807, 2.05) is 19.9 Å². The van der Waals surface area contributed by atoms with E-state index in [1.165, 1.54) is 15.7 Å². The normalized spacial score (nSPS) is 15.4. The summed E-state index contributed by atoms with van der Waals surface area (Å²) >= 11 is 0. The number of aromatic amines is 1. The zero-order valence-corrected chi connectivity index (χ0v) is 26.7. The molecule has 1 N–H and O–H groups in total. The van der Waals surface area contributed by atoms with Crippen LogP contribution in [0.2, 0.25) is 0 Å². The molecule has 1 aliphatic rings. The molecule has 0 amide bonds. The largest absolute Gasteiger partial charge is 0.349 e. The number of sulfonamides is 1. The van der Waals surface area contributed by atoms with Crippen LogP contribution in [0.1, 0.15) is 58.6 Å². The van der Waals surface area contributed by atoms with Gasteiger partial charge in [0.25, 0.3) is 5.56 Å². The number of rotatable bonds is 9. The zero-order chi connectivity index (χ0) is 30.9. The molecule has 1 aliphatic heterocycles. The molecular weight excluding hydrogens is 562 g/mol. The molecule has 0 saturated carbocycles. The summed E-state index contributed by atoms with van der Waals surface area (Å²) in [6.45, 7) is 14.4. The van der Waals surface area contributed by atoms with E-state index in [9.17, 15) is 18.0 Å². The molecule has 2 aromatic heterocycles. The summed E-state index contributed by atoms with van der Waals surface area (Å²) in [5, 5.41) is 0. The summed E-state index contributed by atoms with van der Waals surface area (Å²) in [5.74, 6) is 0. The van der Waals surface area contributed by atoms with Crippen molar-refractivity contribution >= 4 is 21.1 Å². The summed E-state index contributed by atoms with van der Waals surface area (Å²) in [7, 11) is -3.64. The monoisotopic (exact) mass is 605 g/mol. The molecule has 3 heterocycles. The van der Waals surface area contributed by atoms with Crippen molar-refractivity contribution in [3.63, 3.8) is 0 Å². The van der Waals surface area contributed by atoms with E-state index in [0.717, 1.165) is 18.5 Å². The average molecular weight is 606 g/mol. The summed E-state index contributed by atoms with van der Waals surface area (Å²) in [6.07, 6.45) is 1.43. The number of hydrogen-bond donors (Lipinski definition) is 1. The number of aromatic nitrogens is 3. The zero-order valence-electron chi connectivity index (χ0n) is 25.9. The maximum Gasteiger partial charge on any atom is 0.331 e. The van der Waals surface area contributed by atoms with Gasteiger partial charge in [0, 0.05) is 51.5 Å². The molecule has 43 heavy (non-hydrogen) atoms. The van der Waals surface area contributed by atoms with Gasteiger partial charge in [0.15, 0.2) is 0 Å². The Hall–Kier alpha value is -3.47. The van der Waals surface area contributed by atoms with Gasteiger partial charge in [-0.25, -0.2) is 13.2 Å². The van der Waals surface area contributed by atoms with Crippen LogP contribution in [-0.2, 0) is 35.1 Å². The first-order chi connectivity index (χ1) is 20.4. The van der Waals surface area contributed by atoms with E-state index >= 15 is 0 Å². The number of nitrogens with zero attached hydrogens (tertiary/aromatic N) is 4. The molecule has 0 radical (unpaired) electrons. The Morgan fingerprint density at radius 3 is 2.00 bits per heavy atom. The number of hydrogen-bond acceptors (Lipinski definition) is 5. The lowest BCUT2D eigenvalue weighted by Gasteiger charge is -2.34. The summed E-state index contributed by atoms with van der Waals surface area (Å²) in [6, 6.07) is 17.3. The highest BCUT2D eigenvalue weighted by atomic mass is 32.2. The maximum absolute atomic E-state index is 13.5. The minimum Gasteiger partial charge on any atom is -0.349 e. The fourth-order valence-corrected chi connectivity index (χ4v) is 7.18.